The molecule has 0 spiro atoms. The smallest absolute Gasteiger partial charge is 0.227 e. The Morgan fingerprint density at radius 3 is 2.68 bits per heavy atom. The first-order valence-electron chi connectivity index (χ1n) is 5.73. The van der Waals surface area contributed by atoms with Crippen LogP contribution in [0, 0.1) is 11.7 Å². The number of benzene rings is 1. The Balaban J connectivity index is 2.42. The Bertz CT molecular complexity index is 614. The number of aliphatic hydroxyl groups is 1. The lowest BCUT2D eigenvalue weighted by Gasteiger charge is -2.18. The molecular formula is C12H14FNO4S. The minimum absolute atomic E-state index is 0.0378. The van der Waals surface area contributed by atoms with Gasteiger partial charge >= 0.3 is 0 Å². The zero-order valence-corrected chi connectivity index (χ0v) is 11.2. The lowest BCUT2D eigenvalue weighted by atomic mass is 10.1. The molecule has 1 N–H and O–H groups in total. The molecule has 1 amide bonds. The van der Waals surface area contributed by atoms with Crippen molar-refractivity contribution >= 4 is 21.4 Å². The summed E-state index contributed by atoms with van der Waals surface area (Å²) >= 11 is 0. The number of nitrogens with zero attached hydrogens (tertiary/aromatic N) is 1. The fourth-order valence-electron chi connectivity index (χ4n) is 2.07. The lowest BCUT2D eigenvalue weighted by Crippen LogP contribution is -2.26. The van der Waals surface area contributed by atoms with E-state index < -0.39 is 15.7 Å². The molecule has 0 radical (unpaired) electrons. The van der Waals surface area contributed by atoms with Gasteiger partial charge in [0.2, 0.25) is 5.91 Å². The van der Waals surface area contributed by atoms with Crippen LogP contribution in [0.1, 0.15) is 6.42 Å². The predicted octanol–water partition coefficient (Wildman–Crippen LogP) is 0.574. The largest absolute Gasteiger partial charge is 0.396 e. The fraction of sp³-hybridized carbons (Fsp3) is 0.417. The first-order chi connectivity index (χ1) is 8.82. The third-order valence-electron chi connectivity index (χ3n) is 3.10. The summed E-state index contributed by atoms with van der Waals surface area (Å²) in [5.74, 6) is -1.21. The van der Waals surface area contributed by atoms with Crippen molar-refractivity contribution in [2.45, 2.75) is 11.3 Å². The second-order valence-electron chi connectivity index (χ2n) is 4.64. The highest BCUT2D eigenvalue weighted by Gasteiger charge is 2.32. The van der Waals surface area contributed by atoms with Crippen molar-refractivity contribution in [2.24, 2.45) is 5.92 Å². The SMILES string of the molecule is CS(=O)(=O)c1ccc(F)c(N2CC(CO)CC2=O)c1. The van der Waals surface area contributed by atoms with Gasteiger partial charge < -0.3 is 10.0 Å². The minimum atomic E-state index is -3.46. The topological polar surface area (TPSA) is 74.7 Å². The molecule has 0 aliphatic carbocycles. The van der Waals surface area contributed by atoms with Gasteiger partial charge in [0.05, 0.1) is 10.6 Å². The number of hydrogen-bond acceptors (Lipinski definition) is 4. The van der Waals surface area contributed by atoms with Gasteiger partial charge in [-0.05, 0) is 18.2 Å². The molecule has 1 fully saturated rings. The molecule has 0 saturated carbocycles. The van der Waals surface area contributed by atoms with Crippen molar-refractivity contribution in [1.82, 2.24) is 0 Å². The van der Waals surface area contributed by atoms with Crippen LogP contribution in [-0.2, 0) is 14.6 Å². The summed E-state index contributed by atoms with van der Waals surface area (Å²) in [5, 5.41) is 9.03. The van der Waals surface area contributed by atoms with Crippen LogP contribution < -0.4 is 4.90 Å². The summed E-state index contributed by atoms with van der Waals surface area (Å²) in [7, 11) is -3.46. The minimum Gasteiger partial charge on any atom is -0.396 e. The monoisotopic (exact) mass is 287 g/mol. The average molecular weight is 287 g/mol. The Morgan fingerprint density at radius 2 is 2.16 bits per heavy atom. The lowest BCUT2D eigenvalue weighted by molar-refractivity contribution is -0.117. The van der Waals surface area contributed by atoms with Gasteiger partial charge in [-0.1, -0.05) is 0 Å². The van der Waals surface area contributed by atoms with Crippen LogP contribution in [0.2, 0.25) is 0 Å². The molecule has 1 heterocycles. The molecule has 1 aliphatic rings. The number of hydrogen-bond donors (Lipinski definition) is 1. The maximum Gasteiger partial charge on any atom is 0.227 e. The van der Waals surface area contributed by atoms with Crippen molar-refractivity contribution in [3.05, 3.63) is 24.0 Å². The Labute approximate surface area is 110 Å². The number of halogens is 1. The van der Waals surface area contributed by atoms with E-state index in [0.717, 1.165) is 24.5 Å². The van der Waals surface area contributed by atoms with E-state index in [-0.39, 0.29) is 42.0 Å². The molecule has 0 aromatic heterocycles. The van der Waals surface area contributed by atoms with Crippen LogP contribution in [-0.4, -0.2) is 38.8 Å². The second-order valence-corrected chi connectivity index (χ2v) is 6.66. The third kappa shape index (κ3) is 2.76. The first-order valence-corrected chi connectivity index (χ1v) is 7.63. The molecule has 2 rings (SSSR count). The van der Waals surface area contributed by atoms with Gasteiger partial charge in [0, 0.05) is 31.7 Å². The molecule has 104 valence electrons. The van der Waals surface area contributed by atoms with Crippen LogP contribution in [0.25, 0.3) is 0 Å². The average Bonchev–Trinajstić information content (AvgIpc) is 2.69. The van der Waals surface area contributed by atoms with Crippen LogP contribution in [0.15, 0.2) is 23.1 Å². The number of sulfone groups is 1. The maximum absolute atomic E-state index is 13.8. The first kappa shape index (κ1) is 14.0. The van der Waals surface area contributed by atoms with Crippen LogP contribution in [0.4, 0.5) is 10.1 Å². The Hall–Kier alpha value is -1.47. The van der Waals surface area contributed by atoms with Crippen molar-refractivity contribution < 1.29 is 22.7 Å². The summed E-state index contributed by atoms with van der Waals surface area (Å²) in [4.78, 5) is 12.9. The van der Waals surface area contributed by atoms with Crippen LogP contribution in [0.3, 0.4) is 0 Å². The summed E-state index contributed by atoms with van der Waals surface area (Å²) in [6, 6.07) is 3.35. The number of anilines is 1. The van der Waals surface area contributed by atoms with Crippen molar-refractivity contribution in [2.75, 3.05) is 24.3 Å². The molecule has 1 atom stereocenters. The number of rotatable bonds is 3. The van der Waals surface area contributed by atoms with Crippen molar-refractivity contribution in [1.29, 1.82) is 0 Å². The predicted molar refractivity (Wildman–Crippen MR) is 67.1 cm³/mol. The molecule has 1 unspecified atom stereocenters. The number of amides is 1. The van der Waals surface area contributed by atoms with E-state index in [1.54, 1.807) is 0 Å². The molecule has 1 aromatic rings. The number of carbonyl (C=O) groups is 1. The molecule has 1 aliphatic heterocycles. The highest BCUT2D eigenvalue weighted by molar-refractivity contribution is 7.90. The summed E-state index contributed by atoms with van der Waals surface area (Å²) in [6.45, 7) is 0.0368. The van der Waals surface area contributed by atoms with E-state index in [9.17, 15) is 17.6 Å². The van der Waals surface area contributed by atoms with E-state index in [1.807, 2.05) is 0 Å². The van der Waals surface area contributed by atoms with Gasteiger partial charge in [-0.3, -0.25) is 4.79 Å². The van der Waals surface area contributed by atoms with Crippen molar-refractivity contribution in [3.8, 4) is 0 Å². The van der Waals surface area contributed by atoms with Gasteiger partial charge in [-0.15, -0.1) is 0 Å². The van der Waals surface area contributed by atoms with Crippen LogP contribution in [0.5, 0.6) is 0 Å². The van der Waals surface area contributed by atoms with Gasteiger partial charge in [-0.25, -0.2) is 12.8 Å². The molecular weight excluding hydrogens is 273 g/mol. The Morgan fingerprint density at radius 1 is 1.47 bits per heavy atom. The zero-order chi connectivity index (χ0) is 14.2. The third-order valence-corrected chi connectivity index (χ3v) is 4.21. The van der Waals surface area contributed by atoms with E-state index in [2.05, 4.69) is 0 Å². The summed E-state index contributed by atoms with van der Waals surface area (Å²) < 4.78 is 36.7. The number of aliphatic hydroxyl groups excluding tert-OH is 1. The van der Waals surface area contributed by atoms with E-state index in [1.165, 1.54) is 4.90 Å². The quantitative estimate of drug-likeness (QED) is 0.825. The molecule has 0 bridgehead atoms. The molecule has 1 aromatic carbocycles. The molecule has 7 heteroatoms. The highest BCUT2D eigenvalue weighted by atomic mass is 32.2. The van der Waals surface area contributed by atoms with Crippen LogP contribution >= 0.6 is 0 Å². The highest BCUT2D eigenvalue weighted by Crippen LogP contribution is 2.29. The fourth-order valence-corrected chi connectivity index (χ4v) is 2.71. The zero-order valence-electron chi connectivity index (χ0n) is 10.3. The molecule has 1 saturated heterocycles. The van der Waals surface area contributed by atoms with E-state index in [0.29, 0.717) is 0 Å². The maximum atomic E-state index is 13.8. The van der Waals surface area contributed by atoms with Gasteiger partial charge in [-0.2, -0.15) is 0 Å². The molecule has 19 heavy (non-hydrogen) atoms. The van der Waals surface area contributed by atoms with Gasteiger partial charge in [0.15, 0.2) is 9.84 Å². The normalized spacial score (nSPS) is 20.1. The molecule has 5 nitrogen and oxygen atoms in total. The standard InChI is InChI=1S/C12H14FNO4S/c1-19(17,18)9-2-3-10(13)11(5-9)14-6-8(7-15)4-12(14)16/h2-3,5,8,15H,4,6-7H2,1H3. The summed E-state index contributed by atoms with van der Waals surface area (Å²) in [6.07, 6.45) is 1.16. The van der Waals surface area contributed by atoms with E-state index in [4.69, 9.17) is 5.11 Å². The second kappa shape index (κ2) is 4.90. The summed E-state index contributed by atoms with van der Waals surface area (Å²) in [5.41, 5.74) is -0.0520. The number of carbonyl (C=O) groups excluding carboxylic acids is 1. The Kier molecular flexibility index (Phi) is 3.60. The van der Waals surface area contributed by atoms with Gasteiger partial charge in [0.1, 0.15) is 5.82 Å². The van der Waals surface area contributed by atoms with E-state index >= 15 is 0 Å². The van der Waals surface area contributed by atoms with Gasteiger partial charge in [0.25, 0.3) is 0 Å². The van der Waals surface area contributed by atoms with Crippen molar-refractivity contribution in [3.63, 3.8) is 0 Å².